The number of ether oxygens (including phenoxy) is 1. The van der Waals surface area contributed by atoms with Crippen molar-refractivity contribution in [2.75, 3.05) is 37.7 Å². The molecule has 130 valence electrons. The summed E-state index contributed by atoms with van der Waals surface area (Å²) < 4.78 is 5.39. The first-order valence-electron chi connectivity index (χ1n) is 8.94. The molecule has 1 aliphatic carbocycles. The normalized spacial score (nSPS) is 22.5. The second kappa shape index (κ2) is 7.23. The molecule has 2 aromatic rings. The molecule has 1 saturated carbocycles. The number of carbonyl (C=O) groups is 1. The highest BCUT2D eigenvalue weighted by atomic mass is 16.5. The van der Waals surface area contributed by atoms with Crippen molar-refractivity contribution in [2.45, 2.75) is 12.3 Å². The summed E-state index contributed by atoms with van der Waals surface area (Å²) in [5.41, 5.74) is 2.03. The Hall–Kier alpha value is -2.40. The molecular formula is C20H23N3O2. The predicted octanol–water partition coefficient (Wildman–Crippen LogP) is 2.45. The smallest absolute Gasteiger partial charge is 0.255 e. The number of hydrogen-bond acceptors (Lipinski definition) is 4. The van der Waals surface area contributed by atoms with Gasteiger partial charge in [0.25, 0.3) is 5.91 Å². The van der Waals surface area contributed by atoms with E-state index in [9.17, 15) is 4.79 Å². The van der Waals surface area contributed by atoms with Crippen LogP contribution in [-0.2, 0) is 4.74 Å². The zero-order chi connectivity index (χ0) is 17.1. The largest absolute Gasteiger partial charge is 0.378 e. The van der Waals surface area contributed by atoms with E-state index < -0.39 is 0 Å². The van der Waals surface area contributed by atoms with E-state index in [2.05, 4.69) is 39.5 Å². The number of aromatic nitrogens is 1. The lowest BCUT2D eigenvalue weighted by molar-refractivity contribution is 0.0949. The molecule has 2 aliphatic rings. The van der Waals surface area contributed by atoms with Gasteiger partial charge in [-0.05, 0) is 36.0 Å². The van der Waals surface area contributed by atoms with Gasteiger partial charge in [0.1, 0.15) is 5.82 Å². The topological polar surface area (TPSA) is 54.5 Å². The van der Waals surface area contributed by atoms with E-state index >= 15 is 0 Å². The molecule has 25 heavy (non-hydrogen) atoms. The van der Waals surface area contributed by atoms with Crippen molar-refractivity contribution in [3.8, 4) is 0 Å². The van der Waals surface area contributed by atoms with Gasteiger partial charge in [0.2, 0.25) is 0 Å². The van der Waals surface area contributed by atoms with Gasteiger partial charge in [-0.3, -0.25) is 4.79 Å². The van der Waals surface area contributed by atoms with Crippen LogP contribution in [0.5, 0.6) is 0 Å². The number of nitrogens with zero attached hydrogens (tertiary/aromatic N) is 2. The molecule has 0 radical (unpaired) electrons. The van der Waals surface area contributed by atoms with E-state index in [1.807, 2.05) is 18.2 Å². The third-order valence-electron chi connectivity index (χ3n) is 5.02. The molecule has 1 aromatic carbocycles. The molecule has 0 bridgehead atoms. The first-order chi connectivity index (χ1) is 12.3. The number of pyridine rings is 1. The van der Waals surface area contributed by atoms with E-state index in [1.54, 1.807) is 6.20 Å². The summed E-state index contributed by atoms with van der Waals surface area (Å²) in [4.78, 5) is 19.2. The van der Waals surface area contributed by atoms with Gasteiger partial charge < -0.3 is 15.0 Å². The number of hydrogen-bond donors (Lipinski definition) is 1. The van der Waals surface area contributed by atoms with Crippen molar-refractivity contribution in [3.05, 3.63) is 59.8 Å². The first-order valence-corrected chi connectivity index (χ1v) is 8.94. The predicted molar refractivity (Wildman–Crippen MR) is 96.9 cm³/mol. The van der Waals surface area contributed by atoms with Gasteiger partial charge in [-0.2, -0.15) is 0 Å². The molecule has 0 unspecified atom stereocenters. The van der Waals surface area contributed by atoms with E-state index in [1.165, 1.54) is 5.56 Å². The van der Waals surface area contributed by atoms with E-state index in [-0.39, 0.29) is 5.91 Å². The van der Waals surface area contributed by atoms with Crippen LogP contribution in [0.15, 0.2) is 48.7 Å². The van der Waals surface area contributed by atoms with E-state index in [0.717, 1.165) is 31.9 Å². The Labute approximate surface area is 148 Å². The molecule has 1 saturated heterocycles. The highest BCUT2D eigenvalue weighted by Crippen LogP contribution is 2.46. The summed E-state index contributed by atoms with van der Waals surface area (Å²) >= 11 is 0. The van der Waals surface area contributed by atoms with Gasteiger partial charge in [0.05, 0.1) is 18.8 Å². The molecule has 1 N–H and O–H groups in total. The van der Waals surface area contributed by atoms with Crippen LogP contribution in [0.2, 0.25) is 0 Å². The maximum atomic E-state index is 12.7. The summed E-state index contributed by atoms with van der Waals surface area (Å²) in [6.45, 7) is 3.62. The first kappa shape index (κ1) is 16.1. The van der Waals surface area contributed by atoms with Crippen LogP contribution in [0.1, 0.15) is 28.3 Å². The van der Waals surface area contributed by atoms with Gasteiger partial charge in [0, 0.05) is 25.8 Å². The summed E-state index contributed by atoms with van der Waals surface area (Å²) in [7, 11) is 0. The van der Waals surface area contributed by atoms with Gasteiger partial charge in [-0.25, -0.2) is 4.98 Å². The molecule has 1 aromatic heterocycles. The molecule has 2 fully saturated rings. The molecule has 5 heteroatoms. The summed E-state index contributed by atoms with van der Waals surface area (Å²) in [6, 6.07) is 14.2. The minimum Gasteiger partial charge on any atom is -0.378 e. The summed E-state index contributed by atoms with van der Waals surface area (Å²) in [6.07, 6.45) is 2.89. The average molecular weight is 337 g/mol. The van der Waals surface area contributed by atoms with Crippen LogP contribution in [0.3, 0.4) is 0 Å². The summed E-state index contributed by atoms with van der Waals surface area (Å²) in [5, 5.41) is 3.10. The number of amides is 1. The van der Waals surface area contributed by atoms with Crippen molar-refractivity contribution >= 4 is 11.7 Å². The number of benzene rings is 1. The standard InChI is InChI=1S/C20H23N3O2/c24-20(22-14-16-13-18(16)15-5-2-1-3-6-15)17-7-4-8-21-19(17)23-9-11-25-12-10-23/h1-8,16,18H,9-14H2,(H,22,24)/t16-,18+/m1/s1. The molecular weight excluding hydrogens is 314 g/mol. The van der Waals surface area contributed by atoms with Crippen LogP contribution in [0.4, 0.5) is 5.82 Å². The van der Waals surface area contributed by atoms with Gasteiger partial charge in [-0.1, -0.05) is 30.3 Å². The molecule has 2 atom stereocenters. The lowest BCUT2D eigenvalue weighted by atomic mass is 10.1. The average Bonchev–Trinajstić information content (AvgIpc) is 3.47. The third-order valence-corrected chi connectivity index (χ3v) is 5.02. The molecule has 5 nitrogen and oxygen atoms in total. The minimum absolute atomic E-state index is 0.0340. The maximum absolute atomic E-state index is 12.7. The van der Waals surface area contributed by atoms with Crippen molar-refractivity contribution in [2.24, 2.45) is 5.92 Å². The van der Waals surface area contributed by atoms with Gasteiger partial charge in [0.15, 0.2) is 0 Å². The van der Waals surface area contributed by atoms with Crippen LogP contribution < -0.4 is 10.2 Å². The number of carbonyl (C=O) groups excluding carboxylic acids is 1. The quantitative estimate of drug-likeness (QED) is 0.911. The van der Waals surface area contributed by atoms with Crippen LogP contribution in [0, 0.1) is 5.92 Å². The number of morpholine rings is 1. The Morgan fingerprint density at radius 1 is 1.16 bits per heavy atom. The second-order valence-corrected chi connectivity index (χ2v) is 6.70. The maximum Gasteiger partial charge on any atom is 0.255 e. The number of nitrogens with one attached hydrogen (secondary N) is 1. The van der Waals surface area contributed by atoms with E-state index in [0.29, 0.717) is 30.6 Å². The zero-order valence-corrected chi connectivity index (χ0v) is 14.2. The molecule has 1 amide bonds. The van der Waals surface area contributed by atoms with Crippen LogP contribution in [-0.4, -0.2) is 43.7 Å². The molecule has 0 spiro atoms. The van der Waals surface area contributed by atoms with Gasteiger partial charge >= 0.3 is 0 Å². The fourth-order valence-corrected chi connectivity index (χ4v) is 3.50. The third kappa shape index (κ3) is 3.66. The zero-order valence-electron chi connectivity index (χ0n) is 14.2. The molecule has 4 rings (SSSR count). The fourth-order valence-electron chi connectivity index (χ4n) is 3.50. The Morgan fingerprint density at radius 2 is 1.96 bits per heavy atom. The lowest BCUT2D eigenvalue weighted by Gasteiger charge is -2.29. The van der Waals surface area contributed by atoms with Crippen LogP contribution in [0.25, 0.3) is 0 Å². The molecule has 1 aliphatic heterocycles. The Bertz CT molecular complexity index is 729. The SMILES string of the molecule is O=C(NC[C@H]1C[C@H]1c1ccccc1)c1cccnc1N1CCOCC1. The highest BCUT2D eigenvalue weighted by Gasteiger charge is 2.38. The van der Waals surface area contributed by atoms with Gasteiger partial charge in [-0.15, -0.1) is 0 Å². The van der Waals surface area contributed by atoms with Crippen molar-refractivity contribution in [3.63, 3.8) is 0 Å². The van der Waals surface area contributed by atoms with E-state index in [4.69, 9.17) is 4.74 Å². The Kier molecular flexibility index (Phi) is 4.65. The Balaban J connectivity index is 1.37. The fraction of sp³-hybridized carbons (Fsp3) is 0.400. The lowest BCUT2D eigenvalue weighted by Crippen LogP contribution is -2.38. The highest BCUT2D eigenvalue weighted by molar-refractivity contribution is 5.98. The van der Waals surface area contributed by atoms with Crippen molar-refractivity contribution in [1.82, 2.24) is 10.3 Å². The number of rotatable bonds is 5. The number of anilines is 1. The second-order valence-electron chi connectivity index (χ2n) is 6.70. The minimum atomic E-state index is -0.0340. The van der Waals surface area contributed by atoms with Crippen LogP contribution >= 0.6 is 0 Å². The Morgan fingerprint density at radius 3 is 2.76 bits per heavy atom. The van der Waals surface area contributed by atoms with Crippen molar-refractivity contribution in [1.29, 1.82) is 0 Å². The summed E-state index contributed by atoms with van der Waals surface area (Å²) in [5.74, 6) is 1.84. The van der Waals surface area contributed by atoms with Crippen molar-refractivity contribution < 1.29 is 9.53 Å². The monoisotopic (exact) mass is 337 g/mol. The molecule has 2 heterocycles.